The van der Waals surface area contributed by atoms with Crippen molar-refractivity contribution in [2.45, 2.75) is 13.0 Å². The Morgan fingerprint density at radius 3 is 2.93 bits per heavy atom. The van der Waals surface area contributed by atoms with E-state index in [1.807, 2.05) is 6.92 Å². The summed E-state index contributed by atoms with van der Waals surface area (Å²) in [6.45, 7) is 1.81. The van der Waals surface area contributed by atoms with E-state index in [0.29, 0.717) is 10.4 Å². The second kappa shape index (κ2) is 5.47. The molecule has 1 amide bonds. The third-order valence-electron chi connectivity index (χ3n) is 1.78. The molecular weight excluding hydrogens is 284 g/mol. The second-order valence-electron chi connectivity index (χ2n) is 3.15. The summed E-state index contributed by atoms with van der Waals surface area (Å²) in [5.41, 5.74) is -0.0321. The molecule has 0 heterocycles. The van der Waals surface area contributed by atoms with Crippen molar-refractivity contribution in [3.63, 3.8) is 0 Å². The average Bonchev–Trinajstić information content (AvgIpc) is 2.21. The molecule has 15 heavy (non-hydrogen) atoms. The molecule has 0 aromatic heterocycles. The van der Waals surface area contributed by atoms with Crippen molar-refractivity contribution in [1.82, 2.24) is 5.32 Å². The highest BCUT2D eigenvalue weighted by atomic mass is 79.9. The Balaban J connectivity index is 2.86. The van der Waals surface area contributed by atoms with Gasteiger partial charge in [0, 0.05) is 16.4 Å². The van der Waals surface area contributed by atoms with Gasteiger partial charge in [-0.05, 0) is 25.1 Å². The normalized spacial score (nSPS) is 12.3. The summed E-state index contributed by atoms with van der Waals surface area (Å²) in [6.07, 6.45) is 0. The molecule has 1 unspecified atom stereocenters. The minimum atomic E-state index is -0.571. The zero-order valence-corrected chi connectivity index (χ0v) is 10.4. The van der Waals surface area contributed by atoms with E-state index in [2.05, 4.69) is 21.2 Å². The third-order valence-corrected chi connectivity index (χ3v) is 2.99. The first-order valence-corrected chi connectivity index (χ1v) is 5.86. The number of rotatable bonds is 3. The van der Waals surface area contributed by atoms with Gasteiger partial charge in [-0.3, -0.25) is 4.79 Å². The fourth-order valence-electron chi connectivity index (χ4n) is 1.01. The quantitative estimate of drug-likeness (QED) is 0.853. The molecule has 1 aromatic rings. The summed E-state index contributed by atoms with van der Waals surface area (Å²) < 4.78 is 13.2. The van der Waals surface area contributed by atoms with Crippen LogP contribution in [-0.4, -0.2) is 17.3 Å². The first-order chi connectivity index (χ1) is 7.04. The molecule has 0 fully saturated rings. The minimum Gasteiger partial charge on any atom is -0.349 e. The Labute approximate surface area is 101 Å². The standard InChI is InChI=1S/C10H10BrClFNO/c1-6(5-11)14-10(15)8-4-7(12)2-3-9(8)13/h2-4,6H,5H2,1H3,(H,14,15). The number of benzene rings is 1. The van der Waals surface area contributed by atoms with Gasteiger partial charge in [-0.2, -0.15) is 0 Å². The van der Waals surface area contributed by atoms with Crippen LogP contribution in [-0.2, 0) is 0 Å². The van der Waals surface area contributed by atoms with Gasteiger partial charge in [0.2, 0.25) is 0 Å². The molecule has 1 N–H and O–H groups in total. The first-order valence-electron chi connectivity index (χ1n) is 4.36. The Kier molecular flexibility index (Phi) is 4.54. The van der Waals surface area contributed by atoms with Gasteiger partial charge in [-0.25, -0.2) is 4.39 Å². The van der Waals surface area contributed by atoms with Crippen molar-refractivity contribution < 1.29 is 9.18 Å². The number of halogens is 3. The third kappa shape index (κ3) is 3.47. The zero-order chi connectivity index (χ0) is 11.4. The van der Waals surface area contributed by atoms with Gasteiger partial charge in [-0.1, -0.05) is 27.5 Å². The molecule has 0 aliphatic rings. The van der Waals surface area contributed by atoms with Gasteiger partial charge in [0.25, 0.3) is 5.91 Å². The molecule has 2 nitrogen and oxygen atoms in total. The van der Waals surface area contributed by atoms with E-state index in [1.165, 1.54) is 18.2 Å². The van der Waals surface area contributed by atoms with Crippen molar-refractivity contribution >= 4 is 33.4 Å². The summed E-state index contributed by atoms with van der Waals surface area (Å²) in [4.78, 5) is 11.6. The molecule has 82 valence electrons. The largest absolute Gasteiger partial charge is 0.349 e. The van der Waals surface area contributed by atoms with Crippen LogP contribution in [0.15, 0.2) is 18.2 Å². The molecule has 0 aliphatic heterocycles. The maximum absolute atomic E-state index is 13.2. The van der Waals surface area contributed by atoms with E-state index >= 15 is 0 Å². The van der Waals surface area contributed by atoms with Gasteiger partial charge >= 0.3 is 0 Å². The average molecular weight is 295 g/mol. The zero-order valence-electron chi connectivity index (χ0n) is 8.06. The number of hydrogen-bond donors (Lipinski definition) is 1. The monoisotopic (exact) mass is 293 g/mol. The molecule has 1 rings (SSSR count). The van der Waals surface area contributed by atoms with Crippen molar-refractivity contribution in [3.05, 3.63) is 34.6 Å². The molecule has 0 aliphatic carbocycles. The topological polar surface area (TPSA) is 29.1 Å². The van der Waals surface area contributed by atoms with Gasteiger partial charge < -0.3 is 5.32 Å². The Morgan fingerprint density at radius 2 is 2.33 bits per heavy atom. The lowest BCUT2D eigenvalue weighted by Gasteiger charge is -2.11. The van der Waals surface area contributed by atoms with Crippen LogP contribution in [0.1, 0.15) is 17.3 Å². The molecule has 0 saturated carbocycles. The lowest BCUT2D eigenvalue weighted by molar-refractivity contribution is 0.0940. The minimum absolute atomic E-state index is 0.0321. The Hall–Kier alpha value is -0.610. The van der Waals surface area contributed by atoms with Crippen LogP contribution >= 0.6 is 27.5 Å². The van der Waals surface area contributed by atoms with Crippen LogP contribution in [0.5, 0.6) is 0 Å². The molecule has 0 spiro atoms. The molecule has 1 atom stereocenters. The first kappa shape index (κ1) is 12.5. The lowest BCUT2D eigenvalue weighted by atomic mass is 10.2. The summed E-state index contributed by atoms with van der Waals surface area (Å²) in [6, 6.07) is 3.83. The number of hydrogen-bond acceptors (Lipinski definition) is 1. The maximum Gasteiger partial charge on any atom is 0.254 e. The summed E-state index contributed by atoms with van der Waals surface area (Å²) in [7, 11) is 0. The Bertz CT molecular complexity index is 372. The van der Waals surface area contributed by atoms with Gasteiger partial charge in [0.1, 0.15) is 5.82 Å². The highest BCUT2D eigenvalue weighted by molar-refractivity contribution is 9.09. The summed E-state index contributed by atoms with van der Waals surface area (Å²) in [5, 5.41) is 3.58. The molecule has 0 radical (unpaired) electrons. The molecular formula is C10H10BrClFNO. The van der Waals surface area contributed by atoms with Crippen molar-refractivity contribution in [1.29, 1.82) is 0 Å². The van der Waals surface area contributed by atoms with Crippen LogP contribution in [0.3, 0.4) is 0 Å². The smallest absolute Gasteiger partial charge is 0.254 e. The van der Waals surface area contributed by atoms with Gasteiger partial charge in [-0.15, -0.1) is 0 Å². The SMILES string of the molecule is CC(CBr)NC(=O)c1cc(Cl)ccc1F. The van der Waals surface area contributed by atoms with Crippen molar-refractivity contribution in [2.24, 2.45) is 0 Å². The molecule has 0 saturated heterocycles. The van der Waals surface area contributed by atoms with E-state index in [-0.39, 0.29) is 11.6 Å². The fourth-order valence-corrected chi connectivity index (χ4v) is 1.35. The van der Waals surface area contributed by atoms with E-state index < -0.39 is 11.7 Å². The fraction of sp³-hybridized carbons (Fsp3) is 0.300. The highest BCUT2D eigenvalue weighted by Crippen LogP contribution is 2.14. The van der Waals surface area contributed by atoms with E-state index in [0.717, 1.165) is 0 Å². The van der Waals surface area contributed by atoms with Gasteiger partial charge in [0.05, 0.1) is 5.56 Å². The van der Waals surface area contributed by atoms with Crippen LogP contribution < -0.4 is 5.32 Å². The maximum atomic E-state index is 13.2. The number of carbonyl (C=O) groups excluding carboxylic acids is 1. The summed E-state index contributed by atoms with van der Waals surface area (Å²) in [5.74, 6) is -1.03. The van der Waals surface area contributed by atoms with Crippen LogP contribution in [0.2, 0.25) is 5.02 Å². The predicted octanol–water partition coefficient (Wildman–Crippen LogP) is 2.99. The Morgan fingerprint density at radius 1 is 1.67 bits per heavy atom. The van der Waals surface area contributed by atoms with Crippen LogP contribution in [0, 0.1) is 5.82 Å². The van der Waals surface area contributed by atoms with E-state index in [1.54, 1.807) is 0 Å². The predicted molar refractivity (Wildman–Crippen MR) is 62.1 cm³/mol. The number of nitrogens with one attached hydrogen (secondary N) is 1. The van der Waals surface area contributed by atoms with Crippen molar-refractivity contribution in [3.8, 4) is 0 Å². The highest BCUT2D eigenvalue weighted by Gasteiger charge is 2.13. The van der Waals surface area contributed by atoms with Crippen LogP contribution in [0.4, 0.5) is 4.39 Å². The number of alkyl halides is 1. The molecule has 5 heteroatoms. The van der Waals surface area contributed by atoms with Crippen LogP contribution in [0.25, 0.3) is 0 Å². The van der Waals surface area contributed by atoms with E-state index in [4.69, 9.17) is 11.6 Å². The number of carbonyl (C=O) groups is 1. The summed E-state index contributed by atoms with van der Waals surface area (Å²) >= 11 is 8.89. The number of amides is 1. The van der Waals surface area contributed by atoms with E-state index in [9.17, 15) is 9.18 Å². The lowest BCUT2D eigenvalue weighted by Crippen LogP contribution is -2.34. The van der Waals surface area contributed by atoms with Gasteiger partial charge in [0.15, 0.2) is 0 Å². The molecule has 0 bridgehead atoms. The van der Waals surface area contributed by atoms with Crippen molar-refractivity contribution in [2.75, 3.05) is 5.33 Å². The molecule has 1 aromatic carbocycles. The second-order valence-corrected chi connectivity index (χ2v) is 4.24.